The molecule has 0 bridgehead atoms. The summed E-state index contributed by atoms with van der Waals surface area (Å²) in [5.41, 5.74) is -0.314. The van der Waals surface area contributed by atoms with Crippen molar-refractivity contribution in [3.63, 3.8) is 0 Å². The highest BCUT2D eigenvalue weighted by molar-refractivity contribution is 5.76. The van der Waals surface area contributed by atoms with Crippen LogP contribution in [-0.4, -0.2) is 27.9 Å². The lowest BCUT2D eigenvalue weighted by Gasteiger charge is -2.20. The molecular weight excluding hydrogens is 146 g/mol. The molecule has 3 N–H and O–H groups in total. The Balaban J connectivity index is 3.71. The van der Waals surface area contributed by atoms with Crippen molar-refractivity contribution >= 4 is 5.91 Å². The van der Waals surface area contributed by atoms with Crippen LogP contribution in [0.15, 0.2) is 0 Å². The minimum Gasteiger partial charge on any atom is -0.368 e. The fourth-order valence-electron chi connectivity index (χ4n) is 0.635. The summed E-state index contributed by atoms with van der Waals surface area (Å²) in [6, 6.07) is 0. The average molecular weight is 161 g/mol. The number of aliphatic hydroxyl groups excluding tert-OH is 1. The first-order valence-electron chi connectivity index (χ1n) is 3.48. The zero-order valence-corrected chi connectivity index (χ0v) is 7.09. The largest absolute Gasteiger partial charge is 0.368 e. The second-order valence-electron chi connectivity index (χ2n) is 3.48. The van der Waals surface area contributed by atoms with Crippen LogP contribution in [0.1, 0.15) is 27.2 Å². The number of carbonyl (C=O) groups is 1. The van der Waals surface area contributed by atoms with Crippen LogP contribution in [0.2, 0.25) is 0 Å². The fraction of sp³-hybridized carbons (Fsp3) is 0.857. The van der Waals surface area contributed by atoms with Crippen molar-refractivity contribution in [2.45, 2.75) is 39.0 Å². The lowest BCUT2D eigenvalue weighted by atomic mass is 10.1. The number of hydrogen-bond acceptors (Lipinski definition) is 3. The minimum absolute atomic E-state index is 0.267. The van der Waals surface area contributed by atoms with E-state index in [0.717, 1.165) is 0 Å². The van der Waals surface area contributed by atoms with Crippen LogP contribution >= 0.6 is 0 Å². The van der Waals surface area contributed by atoms with Gasteiger partial charge in [0.15, 0.2) is 6.29 Å². The molecule has 0 aliphatic carbocycles. The van der Waals surface area contributed by atoms with Gasteiger partial charge in [0.25, 0.3) is 0 Å². The second-order valence-corrected chi connectivity index (χ2v) is 3.48. The smallest absolute Gasteiger partial charge is 0.225 e. The molecule has 0 aromatic heterocycles. The third kappa shape index (κ3) is 7.29. The van der Waals surface area contributed by atoms with Crippen molar-refractivity contribution in [2.24, 2.45) is 0 Å². The van der Waals surface area contributed by atoms with Gasteiger partial charge in [0.1, 0.15) is 0 Å². The van der Waals surface area contributed by atoms with Crippen molar-refractivity contribution in [1.82, 2.24) is 5.32 Å². The molecule has 0 aliphatic rings. The Morgan fingerprint density at radius 2 is 1.91 bits per heavy atom. The third-order valence-electron chi connectivity index (χ3n) is 0.882. The molecule has 0 saturated heterocycles. The Kier molecular flexibility index (Phi) is 3.48. The SMILES string of the molecule is CC(C)(C)NC(=O)CC(O)O. The number of amides is 1. The van der Waals surface area contributed by atoms with E-state index in [0.29, 0.717) is 0 Å². The van der Waals surface area contributed by atoms with Gasteiger partial charge in [-0.2, -0.15) is 0 Å². The van der Waals surface area contributed by atoms with Crippen LogP contribution in [0.3, 0.4) is 0 Å². The molecular formula is C7H15NO3. The summed E-state index contributed by atoms with van der Waals surface area (Å²) >= 11 is 0. The van der Waals surface area contributed by atoms with Crippen LogP contribution in [-0.2, 0) is 4.79 Å². The van der Waals surface area contributed by atoms with Crippen molar-refractivity contribution in [3.8, 4) is 0 Å². The van der Waals surface area contributed by atoms with E-state index < -0.39 is 6.29 Å². The molecule has 0 atom stereocenters. The molecule has 0 unspecified atom stereocenters. The van der Waals surface area contributed by atoms with Gasteiger partial charge < -0.3 is 15.5 Å². The van der Waals surface area contributed by atoms with Gasteiger partial charge in [0.2, 0.25) is 5.91 Å². The van der Waals surface area contributed by atoms with Gasteiger partial charge in [-0.05, 0) is 20.8 Å². The Morgan fingerprint density at radius 3 is 2.18 bits per heavy atom. The van der Waals surface area contributed by atoms with Crippen LogP contribution < -0.4 is 5.32 Å². The Morgan fingerprint density at radius 1 is 1.45 bits per heavy atom. The van der Waals surface area contributed by atoms with Crippen LogP contribution in [0.25, 0.3) is 0 Å². The maximum absolute atomic E-state index is 10.8. The monoisotopic (exact) mass is 161 g/mol. The predicted molar refractivity (Wildman–Crippen MR) is 40.7 cm³/mol. The molecule has 0 heterocycles. The summed E-state index contributed by atoms with van der Waals surface area (Å²) in [5, 5.41) is 19.4. The normalized spacial score (nSPS) is 11.8. The summed E-state index contributed by atoms with van der Waals surface area (Å²) in [4.78, 5) is 10.8. The van der Waals surface area contributed by atoms with Gasteiger partial charge in [-0.15, -0.1) is 0 Å². The van der Waals surface area contributed by atoms with E-state index in [2.05, 4.69) is 5.32 Å². The number of carbonyl (C=O) groups excluding carboxylic acids is 1. The molecule has 0 aromatic rings. The van der Waals surface area contributed by atoms with E-state index in [-0.39, 0.29) is 17.9 Å². The fourth-order valence-corrected chi connectivity index (χ4v) is 0.635. The van der Waals surface area contributed by atoms with Crippen LogP contribution in [0, 0.1) is 0 Å². The molecule has 0 aromatic carbocycles. The first-order valence-corrected chi connectivity index (χ1v) is 3.48. The van der Waals surface area contributed by atoms with Gasteiger partial charge in [0, 0.05) is 5.54 Å². The number of hydrogen-bond donors (Lipinski definition) is 3. The van der Waals surface area contributed by atoms with E-state index in [4.69, 9.17) is 10.2 Å². The van der Waals surface area contributed by atoms with Gasteiger partial charge in [-0.25, -0.2) is 0 Å². The van der Waals surface area contributed by atoms with Gasteiger partial charge in [-0.1, -0.05) is 0 Å². The van der Waals surface area contributed by atoms with Crippen molar-refractivity contribution < 1.29 is 15.0 Å². The summed E-state index contributed by atoms with van der Waals surface area (Å²) in [5.74, 6) is -0.354. The van der Waals surface area contributed by atoms with Gasteiger partial charge in [0.05, 0.1) is 6.42 Å². The molecule has 4 heteroatoms. The summed E-state index contributed by atoms with van der Waals surface area (Å²) in [6.07, 6.45) is -1.82. The second kappa shape index (κ2) is 3.69. The summed E-state index contributed by atoms with van der Waals surface area (Å²) in [6.45, 7) is 5.48. The molecule has 11 heavy (non-hydrogen) atoms. The van der Waals surface area contributed by atoms with E-state index in [1.807, 2.05) is 20.8 Å². The van der Waals surface area contributed by atoms with Crippen molar-refractivity contribution in [3.05, 3.63) is 0 Å². The lowest BCUT2D eigenvalue weighted by Crippen LogP contribution is -2.41. The highest BCUT2D eigenvalue weighted by Gasteiger charge is 2.15. The molecule has 66 valence electrons. The maximum Gasteiger partial charge on any atom is 0.225 e. The summed E-state index contributed by atoms with van der Waals surface area (Å²) < 4.78 is 0. The lowest BCUT2D eigenvalue weighted by molar-refractivity contribution is -0.130. The first-order chi connectivity index (χ1) is 4.81. The van der Waals surface area contributed by atoms with E-state index >= 15 is 0 Å². The van der Waals surface area contributed by atoms with E-state index in [1.165, 1.54) is 0 Å². The van der Waals surface area contributed by atoms with Crippen LogP contribution in [0.4, 0.5) is 0 Å². The predicted octanol–water partition coefficient (Wildman–Crippen LogP) is -0.398. The average Bonchev–Trinajstić information content (AvgIpc) is 1.53. The quantitative estimate of drug-likeness (QED) is 0.483. The van der Waals surface area contributed by atoms with Crippen LogP contribution in [0.5, 0.6) is 0 Å². The Labute approximate surface area is 66.2 Å². The standard InChI is InChI=1S/C7H15NO3/c1-7(2,3)8-5(9)4-6(10)11/h6,10-11H,4H2,1-3H3,(H,8,9). The first kappa shape index (κ1) is 10.4. The van der Waals surface area contributed by atoms with Crippen molar-refractivity contribution in [2.75, 3.05) is 0 Å². The highest BCUT2D eigenvalue weighted by atomic mass is 16.5. The molecule has 0 spiro atoms. The number of rotatable bonds is 2. The number of nitrogens with one attached hydrogen (secondary N) is 1. The molecule has 0 fully saturated rings. The molecule has 0 rings (SSSR count). The molecule has 0 aliphatic heterocycles. The van der Waals surface area contributed by atoms with E-state index in [9.17, 15) is 4.79 Å². The zero-order chi connectivity index (χ0) is 9.07. The van der Waals surface area contributed by atoms with Gasteiger partial charge >= 0.3 is 0 Å². The molecule has 0 saturated carbocycles. The highest BCUT2D eigenvalue weighted by Crippen LogP contribution is 1.99. The maximum atomic E-state index is 10.8. The zero-order valence-electron chi connectivity index (χ0n) is 7.09. The Bertz CT molecular complexity index is 137. The minimum atomic E-state index is -1.56. The molecule has 4 nitrogen and oxygen atoms in total. The van der Waals surface area contributed by atoms with Gasteiger partial charge in [-0.3, -0.25) is 4.79 Å². The topological polar surface area (TPSA) is 69.6 Å². The van der Waals surface area contributed by atoms with E-state index in [1.54, 1.807) is 0 Å². The Hall–Kier alpha value is -0.610. The molecule has 1 amide bonds. The van der Waals surface area contributed by atoms with Crippen molar-refractivity contribution in [1.29, 1.82) is 0 Å². The number of aliphatic hydroxyl groups is 2. The summed E-state index contributed by atoms with van der Waals surface area (Å²) in [7, 11) is 0. The molecule has 0 radical (unpaired) electrons. The third-order valence-corrected chi connectivity index (χ3v) is 0.882.